The molecule has 0 aromatic rings. The highest BCUT2D eigenvalue weighted by Crippen LogP contribution is 2.53. The van der Waals surface area contributed by atoms with Crippen molar-refractivity contribution in [1.29, 1.82) is 0 Å². The zero-order valence-corrected chi connectivity index (χ0v) is 16.5. The summed E-state index contributed by atoms with van der Waals surface area (Å²) in [6, 6.07) is 0. The molecule has 9 nitrogen and oxygen atoms in total. The second-order valence-corrected chi connectivity index (χ2v) is 9.37. The molecule has 31 heavy (non-hydrogen) atoms. The lowest BCUT2D eigenvalue weighted by molar-refractivity contribution is -0.166. The number of nitrogens with zero attached hydrogens (tertiary/aromatic N) is 2. The van der Waals surface area contributed by atoms with E-state index in [1.807, 2.05) is 24.3 Å². The summed E-state index contributed by atoms with van der Waals surface area (Å²) in [5.74, 6) is -5.39. The Kier molecular flexibility index (Phi) is 3.74. The van der Waals surface area contributed by atoms with Gasteiger partial charge in [0.1, 0.15) is 13.1 Å². The highest BCUT2D eigenvalue weighted by molar-refractivity contribution is 6.10. The van der Waals surface area contributed by atoms with E-state index in [0.717, 1.165) is 22.6 Å². The topological polar surface area (TPSA) is 118 Å². The Hall–Kier alpha value is -3.10. The van der Waals surface area contributed by atoms with Gasteiger partial charge < -0.3 is 4.74 Å². The van der Waals surface area contributed by atoms with Crippen LogP contribution >= 0.6 is 0 Å². The fraction of sp³-hybridized carbons (Fsp3) is 0.545. The van der Waals surface area contributed by atoms with Crippen molar-refractivity contribution in [2.24, 2.45) is 47.3 Å². The van der Waals surface area contributed by atoms with E-state index >= 15 is 0 Å². The molecule has 4 fully saturated rings. The Morgan fingerprint density at radius 1 is 0.645 bits per heavy atom. The minimum atomic E-state index is -1.05. The number of carbonyl (C=O) groups is 6. The molecule has 2 aliphatic heterocycles. The normalized spacial score (nSPS) is 41.0. The average molecular weight is 424 g/mol. The molecule has 8 atom stereocenters. The third kappa shape index (κ3) is 2.43. The number of allylic oxidation sites excluding steroid dienone is 4. The standard InChI is InChI=1S/C22H20N2O7/c25-13(7-23-19(27)15-9-1-2-10(5-9)16(15)20(23)28)31-14(26)8-24-21(29)17-11-3-4-12(6-11)18(17)22(24)30/h1-4,9-12,15-18H,5-8H2. The van der Waals surface area contributed by atoms with E-state index in [4.69, 9.17) is 4.74 Å². The van der Waals surface area contributed by atoms with Crippen molar-refractivity contribution in [2.75, 3.05) is 13.1 Å². The largest absolute Gasteiger partial charge is 0.390 e. The van der Waals surface area contributed by atoms with Crippen molar-refractivity contribution in [1.82, 2.24) is 9.80 Å². The van der Waals surface area contributed by atoms with Gasteiger partial charge in [-0.2, -0.15) is 0 Å². The number of fused-ring (bicyclic) bond motifs is 10. The van der Waals surface area contributed by atoms with Crippen molar-refractivity contribution in [2.45, 2.75) is 12.8 Å². The summed E-state index contributed by atoms with van der Waals surface area (Å²) in [5, 5.41) is 0. The summed E-state index contributed by atoms with van der Waals surface area (Å²) >= 11 is 0. The zero-order valence-electron chi connectivity index (χ0n) is 16.5. The lowest BCUT2D eigenvalue weighted by atomic mass is 9.85. The van der Waals surface area contributed by atoms with E-state index in [2.05, 4.69) is 0 Å². The Morgan fingerprint density at radius 2 is 0.935 bits per heavy atom. The number of ether oxygens (including phenoxy) is 1. The minimum Gasteiger partial charge on any atom is -0.390 e. The first-order valence-corrected chi connectivity index (χ1v) is 10.7. The molecule has 0 N–H and O–H groups in total. The van der Waals surface area contributed by atoms with Gasteiger partial charge >= 0.3 is 11.9 Å². The third-order valence-electron chi connectivity index (χ3n) is 7.93. The van der Waals surface area contributed by atoms with Crippen LogP contribution in [0.2, 0.25) is 0 Å². The maximum Gasteiger partial charge on any atom is 0.333 e. The van der Waals surface area contributed by atoms with Gasteiger partial charge in [0.2, 0.25) is 23.6 Å². The molecule has 6 aliphatic rings. The van der Waals surface area contributed by atoms with Gasteiger partial charge in [-0.25, -0.2) is 9.59 Å². The molecule has 0 aromatic heterocycles. The van der Waals surface area contributed by atoms with E-state index in [1.165, 1.54) is 0 Å². The monoisotopic (exact) mass is 424 g/mol. The SMILES string of the molecule is O=C(CN1C(=O)C2C3C=CC(C3)C2C1=O)OC(=O)CN1C(=O)C2C3C=CC(C3)C2C1=O. The number of likely N-dealkylation sites (tertiary alicyclic amines) is 2. The van der Waals surface area contributed by atoms with Gasteiger partial charge in [0, 0.05) is 0 Å². The summed E-state index contributed by atoms with van der Waals surface area (Å²) in [5.41, 5.74) is 0. The summed E-state index contributed by atoms with van der Waals surface area (Å²) in [7, 11) is 0. The van der Waals surface area contributed by atoms with Crippen LogP contribution in [0.5, 0.6) is 0 Å². The van der Waals surface area contributed by atoms with Crippen molar-refractivity contribution >= 4 is 35.6 Å². The number of amides is 4. The quantitative estimate of drug-likeness (QED) is 0.262. The van der Waals surface area contributed by atoms with Gasteiger partial charge in [-0.1, -0.05) is 24.3 Å². The van der Waals surface area contributed by atoms with E-state index in [9.17, 15) is 28.8 Å². The summed E-state index contributed by atoms with van der Waals surface area (Å²) in [6.07, 6.45) is 9.35. The van der Waals surface area contributed by atoms with Gasteiger partial charge in [-0.15, -0.1) is 0 Å². The maximum absolute atomic E-state index is 12.6. The molecule has 4 bridgehead atoms. The van der Waals surface area contributed by atoms with Crippen LogP contribution in [0, 0.1) is 47.3 Å². The maximum atomic E-state index is 12.6. The van der Waals surface area contributed by atoms with Crippen LogP contribution in [0.1, 0.15) is 12.8 Å². The summed E-state index contributed by atoms with van der Waals surface area (Å²) in [6.45, 7) is -1.28. The first kappa shape index (κ1) is 18.7. The minimum absolute atomic E-state index is 0.0190. The predicted molar refractivity (Wildman–Crippen MR) is 100.0 cm³/mol. The Morgan fingerprint density at radius 3 is 1.23 bits per heavy atom. The molecule has 4 amide bonds. The van der Waals surface area contributed by atoms with Crippen LogP contribution in [-0.2, 0) is 33.5 Å². The van der Waals surface area contributed by atoms with Gasteiger partial charge in [-0.3, -0.25) is 29.0 Å². The second kappa shape index (κ2) is 6.21. The molecule has 4 aliphatic carbocycles. The van der Waals surface area contributed by atoms with E-state index in [0.29, 0.717) is 0 Å². The van der Waals surface area contributed by atoms with Crippen LogP contribution in [0.25, 0.3) is 0 Å². The number of carbonyl (C=O) groups excluding carboxylic acids is 6. The van der Waals surface area contributed by atoms with E-state index in [-0.39, 0.29) is 23.7 Å². The number of imide groups is 2. The van der Waals surface area contributed by atoms with Gasteiger partial charge in [0.25, 0.3) is 0 Å². The lowest BCUT2D eigenvalue weighted by Crippen LogP contribution is -2.41. The van der Waals surface area contributed by atoms with E-state index in [1.54, 1.807) is 0 Å². The fourth-order valence-corrected chi connectivity index (χ4v) is 6.69. The predicted octanol–water partition coefficient (Wildman–Crippen LogP) is -0.330. The van der Waals surface area contributed by atoms with Crippen LogP contribution in [0.4, 0.5) is 0 Å². The van der Waals surface area contributed by atoms with Crippen LogP contribution in [-0.4, -0.2) is 58.5 Å². The summed E-state index contributed by atoms with van der Waals surface area (Å²) in [4.78, 5) is 76.7. The molecule has 6 rings (SSSR count). The fourth-order valence-electron chi connectivity index (χ4n) is 6.69. The lowest BCUT2D eigenvalue weighted by Gasteiger charge is -2.17. The molecular weight excluding hydrogens is 404 g/mol. The van der Waals surface area contributed by atoms with Gasteiger partial charge in [0.05, 0.1) is 23.7 Å². The van der Waals surface area contributed by atoms with Crippen LogP contribution in [0.15, 0.2) is 24.3 Å². The molecule has 0 spiro atoms. The third-order valence-corrected chi connectivity index (χ3v) is 7.93. The van der Waals surface area contributed by atoms with Crippen LogP contribution in [0.3, 0.4) is 0 Å². The molecule has 160 valence electrons. The first-order chi connectivity index (χ1) is 14.8. The zero-order chi connectivity index (χ0) is 21.6. The van der Waals surface area contributed by atoms with Crippen molar-refractivity contribution < 1.29 is 33.5 Å². The highest BCUT2D eigenvalue weighted by atomic mass is 16.6. The number of hydrogen-bond donors (Lipinski definition) is 0. The molecule has 8 unspecified atom stereocenters. The van der Waals surface area contributed by atoms with Crippen molar-refractivity contribution in [3.63, 3.8) is 0 Å². The molecule has 9 heteroatoms. The molecular formula is C22H20N2O7. The molecule has 0 radical (unpaired) electrons. The Labute approximate surface area is 177 Å². The average Bonchev–Trinajstić information content (AvgIpc) is 3.55. The Bertz CT molecular complexity index is 889. The highest BCUT2D eigenvalue weighted by Gasteiger charge is 2.60. The van der Waals surface area contributed by atoms with Crippen molar-refractivity contribution in [3.05, 3.63) is 24.3 Å². The number of rotatable bonds is 4. The van der Waals surface area contributed by atoms with Crippen molar-refractivity contribution in [3.8, 4) is 0 Å². The number of hydrogen-bond acceptors (Lipinski definition) is 7. The molecule has 2 heterocycles. The second-order valence-electron chi connectivity index (χ2n) is 9.37. The molecule has 0 aromatic carbocycles. The Balaban J connectivity index is 1.07. The van der Waals surface area contributed by atoms with Crippen LogP contribution < -0.4 is 0 Å². The molecule has 2 saturated heterocycles. The van der Waals surface area contributed by atoms with E-state index < -0.39 is 72.3 Å². The van der Waals surface area contributed by atoms with Gasteiger partial charge in [0.15, 0.2) is 0 Å². The smallest absolute Gasteiger partial charge is 0.333 e. The number of esters is 2. The molecule has 2 saturated carbocycles. The van der Waals surface area contributed by atoms with Gasteiger partial charge in [-0.05, 0) is 36.5 Å². The summed E-state index contributed by atoms with van der Waals surface area (Å²) < 4.78 is 4.75. The first-order valence-electron chi connectivity index (χ1n) is 10.7.